The topological polar surface area (TPSA) is 67.8 Å². The van der Waals surface area contributed by atoms with E-state index in [2.05, 4.69) is 82.5 Å². The predicted octanol–water partition coefficient (Wildman–Crippen LogP) is 4.11. The van der Waals surface area contributed by atoms with Crippen LogP contribution in [0, 0.1) is 0 Å². The molecule has 0 radical (unpaired) electrons. The van der Waals surface area contributed by atoms with Crippen LogP contribution in [-0.2, 0) is 14.3 Å². The highest BCUT2D eigenvalue weighted by Crippen LogP contribution is 2.62. The maximum atomic E-state index is 13.5. The minimum atomic E-state index is -0.769. The van der Waals surface area contributed by atoms with Crippen LogP contribution in [0.25, 0.3) is 16.5 Å². The van der Waals surface area contributed by atoms with Gasteiger partial charge in [0, 0.05) is 60.9 Å². The largest absolute Gasteiger partial charge is 0.375 e. The number of nitrogens with zero attached hydrogens (tertiary/aromatic N) is 2. The van der Waals surface area contributed by atoms with Crippen molar-refractivity contribution in [1.29, 1.82) is 0 Å². The highest BCUT2D eigenvalue weighted by atomic mass is 16.6. The second-order valence-electron chi connectivity index (χ2n) is 11.0. The average Bonchev–Trinajstić information content (AvgIpc) is 3.57. The average molecular weight is 499 g/mol. The molecule has 2 aromatic carbocycles. The Morgan fingerprint density at radius 3 is 2.62 bits per heavy atom. The molecule has 4 aliphatic rings. The second kappa shape index (κ2) is 7.93. The van der Waals surface area contributed by atoms with Crippen molar-refractivity contribution in [2.24, 2.45) is 0 Å². The number of hydrogen-bond acceptors (Lipinski definition) is 5. The van der Waals surface area contributed by atoms with E-state index >= 15 is 0 Å². The van der Waals surface area contributed by atoms with E-state index in [-0.39, 0.29) is 36.1 Å². The Morgan fingerprint density at radius 1 is 1.11 bits per heavy atom. The van der Waals surface area contributed by atoms with E-state index in [1.54, 1.807) is 14.2 Å². The summed E-state index contributed by atoms with van der Waals surface area (Å²) in [6.45, 7) is 5.02. The number of amides is 1. The van der Waals surface area contributed by atoms with Gasteiger partial charge >= 0.3 is 0 Å². The number of carbonyl (C=O) groups is 1. The van der Waals surface area contributed by atoms with Crippen LogP contribution >= 0.6 is 0 Å². The third-order valence-corrected chi connectivity index (χ3v) is 9.41. The van der Waals surface area contributed by atoms with E-state index in [9.17, 15) is 4.79 Å². The van der Waals surface area contributed by atoms with E-state index in [0.717, 1.165) is 28.6 Å². The summed E-state index contributed by atoms with van der Waals surface area (Å²) in [6.07, 6.45) is 0.610. The number of methoxy groups -OCH3 is 2. The molecule has 4 heterocycles. The zero-order valence-electron chi connectivity index (χ0n) is 22.0. The first-order valence-corrected chi connectivity index (χ1v) is 13.2. The quantitative estimate of drug-likeness (QED) is 0.569. The van der Waals surface area contributed by atoms with Crippen LogP contribution < -0.4 is 15.5 Å². The van der Waals surface area contributed by atoms with Crippen molar-refractivity contribution in [3.8, 4) is 0 Å². The zero-order chi connectivity index (χ0) is 25.6. The lowest BCUT2D eigenvalue weighted by Crippen LogP contribution is -2.63. The lowest BCUT2D eigenvalue weighted by molar-refractivity contribution is -0.123. The number of ether oxygens (including phenoxy) is 2. The van der Waals surface area contributed by atoms with Gasteiger partial charge in [-0.05, 0) is 50.6 Å². The van der Waals surface area contributed by atoms with Crippen molar-refractivity contribution in [2.75, 3.05) is 32.7 Å². The summed E-state index contributed by atoms with van der Waals surface area (Å²) in [4.78, 5) is 15.9. The number of rotatable bonds is 3. The third-order valence-electron chi connectivity index (χ3n) is 9.41. The highest BCUT2D eigenvalue weighted by molar-refractivity contribution is 6.27. The van der Waals surface area contributed by atoms with Gasteiger partial charge in [-0.15, -0.1) is 0 Å². The molecule has 3 aliphatic heterocycles. The monoisotopic (exact) mass is 498 g/mol. The number of hydrogen-bond donors (Lipinski definition) is 2. The van der Waals surface area contributed by atoms with Crippen molar-refractivity contribution >= 4 is 28.1 Å². The summed E-state index contributed by atoms with van der Waals surface area (Å²) in [6, 6.07) is 17.4. The van der Waals surface area contributed by atoms with Crippen molar-refractivity contribution in [2.45, 2.75) is 56.1 Å². The van der Waals surface area contributed by atoms with Gasteiger partial charge in [0.15, 0.2) is 5.72 Å². The number of carbonyl (C=O) groups excluding carboxylic acids is 1. The first kappa shape index (κ1) is 23.0. The van der Waals surface area contributed by atoms with Gasteiger partial charge in [0.25, 0.3) is 5.91 Å². The van der Waals surface area contributed by atoms with Crippen LogP contribution in [0.5, 0.6) is 0 Å². The lowest BCUT2D eigenvalue weighted by Gasteiger charge is -2.49. The van der Waals surface area contributed by atoms with Gasteiger partial charge in [0.05, 0.1) is 17.3 Å². The first-order chi connectivity index (χ1) is 18.0. The Labute approximate surface area is 217 Å². The molecule has 2 N–H and O–H groups in total. The molecule has 7 heteroatoms. The van der Waals surface area contributed by atoms with Crippen LogP contribution in [0.2, 0.25) is 0 Å². The van der Waals surface area contributed by atoms with Crippen molar-refractivity contribution in [1.82, 2.24) is 15.2 Å². The molecule has 37 heavy (non-hydrogen) atoms. The maximum Gasteiger partial charge on any atom is 0.252 e. The Morgan fingerprint density at radius 2 is 1.86 bits per heavy atom. The fourth-order valence-electron chi connectivity index (χ4n) is 7.94. The number of nitrogens with one attached hydrogen (secondary N) is 2. The Kier molecular flexibility index (Phi) is 4.94. The van der Waals surface area contributed by atoms with Gasteiger partial charge < -0.3 is 29.6 Å². The van der Waals surface area contributed by atoms with E-state index < -0.39 is 5.72 Å². The molecule has 6 atom stereocenters. The maximum absolute atomic E-state index is 13.5. The molecule has 0 fully saturated rings. The third kappa shape index (κ3) is 2.74. The fourth-order valence-corrected chi connectivity index (χ4v) is 7.94. The molecule has 0 spiro atoms. The van der Waals surface area contributed by atoms with Crippen molar-refractivity contribution in [3.63, 3.8) is 0 Å². The molecule has 7 rings (SSSR count). The standard InChI is InChI=1S/C30H34N4O3/c1-16-14-20(31-3)28(36-4)30(2,37-5)34-22-13-9-7-11-18(22)23-19-15-32-29(35)25(19)24-17-10-6-8-12-21(17)33(16)26(24)27(23)34/h6-13,16,20,23,27-28,31H,14-15H2,1-5H3,(H,32,35)/t16-,20?,23?,27?,28?,30-/m0/s1. The normalized spacial score (nSPS) is 32.0. The molecule has 0 saturated carbocycles. The molecule has 1 amide bonds. The summed E-state index contributed by atoms with van der Waals surface area (Å²) in [7, 11) is 5.59. The summed E-state index contributed by atoms with van der Waals surface area (Å²) in [5, 5.41) is 7.88. The SMILES string of the molecule is CNC1C[C@H](C)n2c3c(c4ccccc42)C2=C(CNC2=O)C2c4ccccc4N(C32)[C@@](C)(OC)C1OC. The molecular weight excluding hydrogens is 464 g/mol. The van der Waals surface area contributed by atoms with Crippen LogP contribution in [0.3, 0.4) is 0 Å². The summed E-state index contributed by atoms with van der Waals surface area (Å²) >= 11 is 0. The van der Waals surface area contributed by atoms with Crippen LogP contribution in [0.15, 0.2) is 54.1 Å². The highest BCUT2D eigenvalue weighted by Gasteiger charge is 2.59. The minimum absolute atomic E-state index is 0.0353. The molecule has 0 bridgehead atoms. The van der Waals surface area contributed by atoms with Crippen molar-refractivity contribution < 1.29 is 14.3 Å². The van der Waals surface area contributed by atoms with Gasteiger partial charge in [-0.3, -0.25) is 4.79 Å². The smallest absolute Gasteiger partial charge is 0.252 e. The second-order valence-corrected chi connectivity index (χ2v) is 11.0. The Balaban J connectivity index is 1.66. The molecular formula is C30H34N4O3. The van der Waals surface area contributed by atoms with Crippen LogP contribution in [-0.4, -0.2) is 56.2 Å². The summed E-state index contributed by atoms with van der Waals surface area (Å²) in [5.74, 6) is 0.0828. The number of aromatic nitrogens is 1. The van der Waals surface area contributed by atoms with Gasteiger partial charge in [-0.2, -0.15) is 0 Å². The van der Waals surface area contributed by atoms with Crippen molar-refractivity contribution in [3.05, 3.63) is 70.9 Å². The molecule has 1 aliphatic carbocycles. The predicted molar refractivity (Wildman–Crippen MR) is 145 cm³/mol. The molecule has 0 saturated heterocycles. The molecule has 7 nitrogen and oxygen atoms in total. The number of fused-ring (bicyclic) bond motifs is 8. The number of anilines is 1. The van der Waals surface area contributed by atoms with Crippen LogP contribution in [0.4, 0.5) is 5.69 Å². The van der Waals surface area contributed by atoms with Crippen LogP contribution in [0.1, 0.15) is 55.1 Å². The van der Waals surface area contributed by atoms with E-state index in [4.69, 9.17) is 9.47 Å². The van der Waals surface area contributed by atoms with Gasteiger partial charge in [-0.25, -0.2) is 0 Å². The van der Waals surface area contributed by atoms with E-state index in [1.807, 2.05) is 7.05 Å². The number of para-hydroxylation sites is 2. The zero-order valence-corrected chi connectivity index (χ0v) is 22.0. The number of likely N-dealkylation sites (N-methyl/N-ethyl adjacent to an activating group) is 1. The van der Waals surface area contributed by atoms with Gasteiger partial charge in [0.1, 0.15) is 6.10 Å². The fraction of sp³-hybridized carbons (Fsp3) is 0.433. The Hall–Kier alpha value is -3.13. The summed E-state index contributed by atoms with van der Waals surface area (Å²) < 4.78 is 15.3. The molecule has 4 unspecified atom stereocenters. The molecule has 3 aromatic rings. The molecule has 192 valence electrons. The molecule has 1 aromatic heterocycles. The lowest BCUT2D eigenvalue weighted by atomic mass is 9.76. The first-order valence-electron chi connectivity index (χ1n) is 13.2. The summed E-state index contributed by atoms with van der Waals surface area (Å²) in [5.41, 5.74) is 7.13. The van der Waals surface area contributed by atoms with Gasteiger partial charge in [0.2, 0.25) is 0 Å². The minimum Gasteiger partial charge on any atom is -0.375 e. The number of benzene rings is 2. The Bertz CT molecular complexity index is 1470. The van der Waals surface area contributed by atoms with Gasteiger partial charge in [-0.1, -0.05) is 36.4 Å². The van der Waals surface area contributed by atoms with E-state index in [0.29, 0.717) is 6.54 Å². The van der Waals surface area contributed by atoms with E-state index in [1.165, 1.54) is 22.3 Å².